The molecule has 0 spiro atoms. The Morgan fingerprint density at radius 2 is 1.73 bits per heavy atom. The molecule has 1 fully saturated rings. The number of benzene rings is 3. The van der Waals surface area contributed by atoms with Crippen molar-refractivity contribution in [1.82, 2.24) is 10.2 Å². The van der Waals surface area contributed by atoms with E-state index in [4.69, 9.17) is 10.5 Å². The van der Waals surface area contributed by atoms with E-state index in [1.807, 2.05) is 42.2 Å². The lowest BCUT2D eigenvalue weighted by Gasteiger charge is -2.28. The molecule has 3 aromatic rings. The van der Waals surface area contributed by atoms with Crippen LogP contribution in [-0.4, -0.2) is 53.9 Å². The van der Waals surface area contributed by atoms with Crippen molar-refractivity contribution in [3.8, 4) is 5.75 Å². The van der Waals surface area contributed by atoms with Crippen LogP contribution in [0.3, 0.4) is 0 Å². The van der Waals surface area contributed by atoms with Gasteiger partial charge in [-0.1, -0.05) is 50.6 Å². The van der Waals surface area contributed by atoms with Crippen molar-refractivity contribution >= 4 is 23.4 Å². The maximum absolute atomic E-state index is 13.8. The molecule has 3 aromatic carbocycles. The highest BCUT2D eigenvalue weighted by molar-refractivity contribution is 6.00. The van der Waals surface area contributed by atoms with E-state index in [1.54, 1.807) is 25.1 Å². The van der Waals surface area contributed by atoms with Gasteiger partial charge in [0, 0.05) is 47.4 Å². The number of hydrogen-bond donors (Lipinski definition) is 3. The molecule has 4 rings (SSSR count). The average Bonchev–Trinajstić information content (AvgIpc) is 3.50. The predicted molar refractivity (Wildman–Crippen MR) is 175 cm³/mol. The number of carbonyl (C=O) groups is 3. The van der Waals surface area contributed by atoms with E-state index in [2.05, 4.69) is 17.6 Å². The van der Waals surface area contributed by atoms with Gasteiger partial charge in [0.05, 0.1) is 6.61 Å². The molecule has 1 aliphatic rings. The van der Waals surface area contributed by atoms with E-state index in [9.17, 15) is 18.8 Å². The highest BCUT2D eigenvalue weighted by Gasteiger charge is 2.30. The number of rotatable bonds is 14. The molecule has 240 valence electrons. The van der Waals surface area contributed by atoms with Crippen LogP contribution in [0.2, 0.25) is 0 Å². The summed E-state index contributed by atoms with van der Waals surface area (Å²) in [5.41, 5.74) is 8.90. The number of hydrogen-bond acceptors (Lipinski definition) is 5. The quantitative estimate of drug-likeness (QED) is 0.207. The van der Waals surface area contributed by atoms with Crippen LogP contribution in [0, 0.1) is 11.7 Å². The molecule has 9 heteroatoms. The summed E-state index contributed by atoms with van der Waals surface area (Å²) in [7, 11) is 0. The van der Waals surface area contributed by atoms with Gasteiger partial charge in [-0.2, -0.15) is 0 Å². The van der Waals surface area contributed by atoms with Gasteiger partial charge in [-0.05, 0) is 87.1 Å². The minimum atomic E-state index is -0.571. The zero-order chi connectivity index (χ0) is 32.3. The smallest absolute Gasteiger partial charge is 0.254 e. The molecular weight excluding hydrogens is 571 g/mol. The Balaban J connectivity index is 1.53. The number of amides is 3. The SMILES string of the molecule is CCC[C@H]1CCCN1C(=O)c1cc(OCC)cc(C(=O)N[C@@H](Cc2ccccc2)[C@@H](N)C[C@@H](C)C(=O)Nc2ccc(F)cc2)c1. The van der Waals surface area contributed by atoms with E-state index in [0.717, 1.165) is 31.2 Å². The molecule has 1 saturated heterocycles. The number of likely N-dealkylation sites (tertiary alicyclic amines) is 1. The third kappa shape index (κ3) is 9.38. The Bertz CT molecular complexity index is 1430. The van der Waals surface area contributed by atoms with Gasteiger partial charge in [0.1, 0.15) is 11.6 Å². The van der Waals surface area contributed by atoms with E-state index in [-0.39, 0.29) is 29.6 Å². The molecule has 0 radical (unpaired) electrons. The van der Waals surface area contributed by atoms with Gasteiger partial charge in [-0.3, -0.25) is 14.4 Å². The van der Waals surface area contributed by atoms with Gasteiger partial charge in [0.15, 0.2) is 0 Å². The number of nitrogens with zero attached hydrogens (tertiary/aromatic N) is 1. The van der Waals surface area contributed by atoms with Gasteiger partial charge < -0.3 is 26.0 Å². The molecule has 0 aromatic heterocycles. The van der Waals surface area contributed by atoms with Crippen molar-refractivity contribution in [2.75, 3.05) is 18.5 Å². The lowest BCUT2D eigenvalue weighted by Crippen LogP contribution is -2.50. The van der Waals surface area contributed by atoms with Gasteiger partial charge in [-0.15, -0.1) is 0 Å². The summed E-state index contributed by atoms with van der Waals surface area (Å²) in [6, 6.07) is 19.4. The van der Waals surface area contributed by atoms with Crippen molar-refractivity contribution in [1.29, 1.82) is 0 Å². The van der Waals surface area contributed by atoms with Crippen molar-refractivity contribution in [3.63, 3.8) is 0 Å². The Morgan fingerprint density at radius 1 is 1.02 bits per heavy atom. The summed E-state index contributed by atoms with van der Waals surface area (Å²) in [6.07, 6.45) is 4.64. The zero-order valence-corrected chi connectivity index (χ0v) is 26.4. The maximum atomic E-state index is 13.8. The first-order valence-corrected chi connectivity index (χ1v) is 15.9. The molecule has 0 saturated carbocycles. The molecular formula is C36H45FN4O4. The van der Waals surface area contributed by atoms with Gasteiger partial charge in [0.2, 0.25) is 5.91 Å². The molecule has 4 N–H and O–H groups in total. The molecule has 0 bridgehead atoms. The van der Waals surface area contributed by atoms with E-state index < -0.39 is 18.0 Å². The molecule has 0 unspecified atom stereocenters. The van der Waals surface area contributed by atoms with Crippen LogP contribution in [0.25, 0.3) is 0 Å². The molecule has 8 nitrogen and oxygen atoms in total. The summed E-state index contributed by atoms with van der Waals surface area (Å²) in [6.45, 7) is 6.83. The summed E-state index contributed by atoms with van der Waals surface area (Å²) >= 11 is 0. The third-order valence-electron chi connectivity index (χ3n) is 8.30. The van der Waals surface area contributed by atoms with Crippen LogP contribution in [0.15, 0.2) is 72.8 Å². The second-order valence-corrected chi connectivity index (χ2v) is 11.8. The van der Waals surface area contributed by atoms with Crippen LogP contribution < -0.4 is 21.1 Å². The van der Waals surface area contributed by atoms with Crippen LogP contribution in [0.4, 0.5) is 10.1 Å². The Labute approximate surface area is 265 Å². The largest absolute Gasteiger partial charge is 0.494 e. The van der Waals surface area contributed by atoms with Gasteiger partial charge >= 0.3 is 0 Å². The van der Waals surface area contributed by atoms with E-state index >= 15 is 0 Å². The monoisotopic (exact) mass is 616 g/mol. The first kappa shape index (κ1) is 33.6. The molecule has 3 amide bonds. The highest BCUT2D eigenvalue weighted by atomic mass is 19.1. The Morgan fingerprint density at radius 3 is 2.42 bits per heavy atom. The van der Waals surface area contributed by atoms with Crippen molar-refractivity contribution in [2.45, 2.75) is 77.4 Å². The second kappa shape index (κ2) is 16.2. The lowest BCUT2D eigenvalue weighted by atomic mass is 9.91. The predicted octanol–water partition coefficient (Wildman–Crippen LogP) is 5.96. The summed E-state index contributed by atoms with van der Waals surface area (Å²) in [4.78, 5) is 42.3. The average molecular weight is 617 g/mol. The van der Waals surface area contributed by atoms with Crippen LogP contribution >= 0.6 is 0 Å². The maximum Gasteiger partial charge on any atom is 0.254 e. The Hall–Kier alpha value is -4.24. The fraction of sp³-hybridized carbons (Fsp3) is 0.417. The first-order valence-electron chi connectivity index (χ1n) is 15.9. The summed E-state index contributed by atoms with van der Waals surface area (Å²) in [5.74, 6) is -1.14. The van der Waals surface area contributed by atoms with Gasteiger partial charge in [0.25, 0.3) is 11.8 Å². The number of halogens is 1. The number of anilines is 1. The van der Waals surface area contributed by atoms with Crippen molar-refractivity contribution < 1.29 is 23.5 Å². The topological polar surface area (TPSA) is 114 Å². The fourth-order valence-corrected chi connectivity index (χ4v) is 5.91. The number of carbonyl (C=O) groups excluding carboxylic acids is 3. The minimum absolute atomic E-state index is 0.0971. The standard InChI is InChI=1S/C36H45FN4O4/c1-4-10-30-13-9-18-41(30)36(44)27-21-26(22-31(23-27)45-5-2)35(43)40-33(20-25-11-7-6-8-12-25)32(38)19-24(3)34(42)39-29-16-14-28(37)15-17-29/h6-8,11-12,14-17,21-24,30,32-33H,4-5,9-10,13,18-20,38H2,1-3H3,(H,39,42)(H,40,43)/t24-,30+,32+,33+/m1/s1. The highest BCUT2D eigenvalue weighted by Crippen LogP contribution is 2.26. The van der Waals surface area contributed by atoms with Crippen LogP contribution in [0.5, 0.6) is 5.75 Å². The minimum Gasteiger partial charge on any atom is -0.494 e. The molecule has 4 atom stereocenters. The molecule has 45 heavy (non-hydrogen) atoms. The summed E-state index contributed by atoms with van der Waals surface area (Å²) in [5, 5.41) is 5.90. The van der Waals surface area contributed by atoms with Crippen molar-refractivity contribution in [2.24, 2.45) is 11.7 Å². The normalized spacial score (nSPS) is 16.5. The van der Waals surface area contributed by atoms with Gasteiger partial charge in [-0.25, -0.2) is 4.39 Å². The van der Waals surface area contributed by atoms with Crippen LogP contribution in [-0.2, 0) is 11.2 Å². The Kier molecular flexibility index (Phi) is 12.1. The molecule has 0 aliphatic carbocycles. The molecule has 1 heterocycles. The van der Waals surface area contributed by atoms with E-state index in [0.29, 0.717) is 48.6 Å². The fourth-order valence-electron chi connectivity index (χ4n) is 5.91. The molecule has 1 aliphatic heterocycles. The number of ether oxygens (including phenoxy) is 1. The number of nitrogens with two attached hydrogens (primary N) is 1. The third-order valence-corrected chi connectivity index (χ3v) is 8.30. The van der Waals surface area contributed by atoms with Crippen molar-refractivity contribution in [3.05, 3.63) is 95.3 Å². The first-order chi connectivity index (χ1) is 21.7. The summed E-state index contributed by atoms with van der Waals surface area (Å²) < 4.78 is 19.1. The van der Waals surface area contributed by atoms with E-state index in [1.165, 1.54) is 24.3 Å². The lowest BCUT2D eigenvalue weighted by molar-refractivity contribution is -0.119. The van der Waals surface area contributed by atoms with Crippen LogP contribution in [0.1, 0.15) is 79.2 Å². The zero-order valence-electron chi connectivity index (χ0n) is 26.4. The number of nitrogens with one attached hydrogen (secondary N) is 2. The second-order valence-electron chi connectivity index (χ2n) is 11.8.